The topological polar surface area (TPSA) is 123 Å². The van der Waals surface area contributed by atoms with E-state index in [1.807, 2.05) is 0 Å². The van der Waals surface area contributed by atoms with Gasteiger partial charge in [0.1, 0.15) is 6.61 Å². The molecule has 0 aliphatic carbocycles. The molecule has 0 aliphatic rings. The van der Waals surface area contributed by atoms with Gasteiger partial charge in [0.05, 0.1) is 21.9 Å². The lowest BCUT2D eigenvalue weighted by atomic mass is 10.1. The van der Waals surface area contributed by atoms with Gasteiger partial charge >= 0.3 is 5.69 Å². The van der Waals surface area contributed by atoms with E-state index in [-0.39, 0.29) is 29.4 Å². The first kappa shape index (κ1) is 19.3. The molecule has 30 heavy (non-hydrogen) atoms. The number of nitro benzene ring substituents is 1. The largest absolute Gasteiger partial charge is 0.471 e. The smallest absolute Gasteiger partial charge is 0.368 e. The summed E-state index contributed by atoms with van der Waals surface area (Å²) in [5, 5.41) is 23.8. The highest BCUT2D eigenvalue weighted by atomic mass is 35.5. The Morgan fingerprint density at radius 2 is 1.90 bits per heavy atom. The molecular weight excluding hydrogens is 414 g/mol. The molecule has 0 atom stereocenters. The highest BCUT2D eigenvalue weighted by Gasteiger charge is 2.22. The number of tetrazole rings is 1. The number of benzene rings is 2. The Kier molecular flexibility index (Phi) is 5.02. The minimum Gasteiger partial charge on any atom is -0.471 e. The van der Waals surface area contributed by atoms with Gasteiger partial charge in [0.15, 0.2) is 0 Å². The van der Waals surface area contributed by atoms with E-state index >= 15 is 0 Å². The lowest BCUT2D eigenvalue weighted by molar-refractivity contribution is -0.385. The summed E-state index contributed by atoms with van der Waals surface area (Å²) in [5.74, 6) is 0.251. The van der Waals surface area contributed by atoms with E-state index in [0.29, 0.717) is 5.02 Å². The van der Waals surface area contributed by atoms with Crippen LogP contribution in [0, 0.1) is 10.1 Å². The Morgan fingerprint density at radius 1 is 1.13 bits per heavy atom. The molecule has 12 heteroatoms. The minimum absolute atomic E-state index is 0.172. The molecular formula is C18H14ClN7O4. The number of nitrogens with zero attached hydrogens (tertiary/aromatic N) is 7. The first-order chi connectivity index (χ1) is 14.4. The van der Waals surface area contributed by atoms with Gasteiger partial charge in [0.25, 0.3) is 5.69 Å². The van der Waals surface area contributed by atoms with Crippen LogP contribution >= 0.6 is 11.6 Å². The molecule has 0 saturated carbocycles. The molecule has 0 saturated heterocycles. The van der Waals surface area contributed by atoms with E-state index < -0.39 is 10.6 Å². The second-order valence-electron chi connectivity index (χ2n) is 6.19. The summed E-state index contributed by atoms with van der Waals surface area (Å²) in [6.45, 7) is -0.201. The predicted molar refractivity (Wildman–Crippen MR) is 106 cm³/mol. The normalized spacial score (nSPS) is 10.9. The van der Waals surface area contributed by atoms with E-state index in [0.717, 1.165) is 15.1 Å². The number of nitro groups is 1. The van der Waals surface area contributed by atoms with Crippen LogP contribution in [0.3, 0.4) is 0 Å². The average molecular weight is 428 g/mol. The molecule has 2 aromatic carbocycles. The molecule has 152 valence electrons. The van der Waals surface area contributed by atoms with E-state index in [4.69, 9.17) is 16.3 Å². The van der Waals surface area contributed by atoms with Crippen LogP contribution in [0.4, 0.5) is 5.69 Å². The van der Waals surface area contributed by atoms with Crippen molar-refractivity contribution in [1.82, 2.24) is 29.6 Å². The van der Waals surface area contributed by atoms with Crippen molar-refractivity contribution in [3.63, 3.8) is 0 Å². The molecule has 2 aromatic heterocycles. The zero-order valence-corrected chi connectivity index (χ0v) is 16.3. The van der Waals surface area contributed by atoms with Gasteiger partial charge in [0, 0.05) is 30.4 Å². The number of rotatable bonds is 6. The Hall–Kier alpha value is -3.99. The monoisotopic (exact) mass is 427 g/mol. The summed E-state index contributed by atoms with van der Waals surface area (Å²) in [6, 6.07) is 13.0. The number of halogens is 1. The molecule has 4 aromatic rings. The van der Waals surface area contributed by atoms with E-state index in [9.17, 15) is 14.9 Å². The van der Waals surface area contributed by atoms with Crippen molar-refractivity contribution in [3.05, 3.63) is 85.9 Å². The zero-order valence-electron chi connectivity index (χ0n) is 15.5. The standard InChI is InChI=1S/C18H14ClN7O4/c1-23-18(27)25(22-21-23)15-3-2-4-16(26(28)29)14(15)11-30-17-9-10-24(20-17)13-7-5-12(19)6-8-13/h2-10H,11H2,1H3. The van der Waals surface area contributed by atoms with Crippen molar-refractivity contribution in [1.29, 1.82) is 0 Å². The molecule has 11 nitrogen and oxygen atoms in total. The van der Waals surface area contributed by atoms with E-state index in [1.165, 1.54) is 25.2 Å². The summed E-state index contributed by atoms with van der Waals surface area (Å²) in [7, 11) is 1.43. The molecule has 0 aliphatic heterocycles. The van der Waals surface area contributed by atoms with Crippen LogP contribution in [-0.4, -0.2) is 34.5 Å². The second-order valence-corrected chi connectivity index (χ2v) is 6.63. The molecule has 0 fully saturated rings. The fourth-order valence-corrected chi connectivity index (χ4v) is 2.94. The van der Waals surface area contributed by atoms with Crippen LogP contribution in [0.15, 0.2) is 59.5 Å². The molecule has 0 bridgehead atoms. The summed E-state index contributed by atoms with van der Waals surface area (Å²) < 4.78 is 9.28. The van der Waals surface area contributed by atoms with Crippen molar-refractivity contribution < 1.29 is 9.66 Å². The predicted octanol–water partition coefficient (Wildman–Crippen LogP) is 2.29. The molecule has 0 spiro atoms. The van der Waals surface area contributed by atoms with Crippen molar-refractivity contribution >= 4 is 17.3 Å². The third kappa shape index (κ3) is 3.65. The molecule has 0 unspecified atom stereocenters. The van der Waals surface area contributed by atoms with Gasteiger partial charge in [-0.1, -0.05) is 17.7 Å². The number of aromatic nitrogens is 6. The number of ether oxygens (including phenoxy) is 1. The average Bonchev–Trinajstić information content (AvgIpc) is 3.34. The van der Waals surface area contributed by atoms with Crippen molar-refractivity contribution in [2.45, 2.75) is 6.61 Å². The quantitative estimate of drug-likeness (QED) is 0.341. The maximum Gasteiger partial charge on any atom is 0.368 e. The maximum absolute atomic E-state index is 12.2. The molecule has 0 N–H and O–H groups in total. The summed E-state index contributed by atoms with van der Waals surface area (Å²) in [5.41, 5.74) is 0.406. The van der Waals surface area contributed by atoms with Gasteiger partial charge in [-0.25, -0.2) is 9.48 Å². The van der Waals surface area contributed by atoms with Crippen molar-refractivity contribution in [2.75, 3.05) is 0 Å². The first-order valence-electron chi connectivity index (χ1n) is 8.64. The first-order valence-corrected chi connectivity index (χ1v) is 9.02. The molecule has 0 amide bonds. The van der Waals surface area contributed by atoms with Crippen LogP contribution in [0.1, 0.15) is 5.56 Å². The van der Waals surface area contributed by atoms with Gasteiger partial charge in [-0.05, 0) is 40.8 Å². The zero-order chi connectivity index (χ0) is 21.3. The van der Waals surface area contributed by atoms with Gasteiger partial charge in [0.2, 0.25) is 5.88 Å². The van der Waals surface area contributed by atoms with Gasteiger partial charge in [-0.15, -0.1) is 5.10 Å². The summed E-state index contributed by atoms with van der Waals surface area (Å²) in [4.78, 5) is 23.2. The fourth-order valence-electron chi connectivity index (χ4n) is 2.81. The highest BCUT2D eigenvalue weighted by Crippen LogP contribution is 2.26. The molecule has 4 rings (SSSR count). The Labute approximate surface area is 173 Å². The minimum atomic E-state index is -0.546. The summed E-state index contributed by atoms with van der Waals surface area (Å²) >= 11 is 5.90. The number of hydrogen-bond acceptors (Lipinski definition) is 7. The van der Waals surface area contributed by atoms with Gasteiger partial charge in [-0.3, -0.25) is 10.1 Å². The van der Waals surface area contributed by atoms with Gasteiger partial charge in [-0.2, -0.15) is 9.36 Å². The van der Waals surface area contributed by atoms with Gasteiger partial charge < -0.3 is 4.74 Å². The summed E-state index contributed by atoms with van der Waals surface area (Å²) in [6.07, 6.45) is 1.69. The van der Waals surface area contributed by atoms with E-state index in [2.05, 4.69) is 15.5 Å². The number of aryl methyl sites for hydroxylation is 1. The lowest BCUT2D eigenvalue weighted by Crippen LogP contribution is -2.23. The fraction of sp³-hybridized carbons (Fsp3) is 0.111. The van der Waals surface area contributed by atoms with Crippen molar-refractivity contribution in [2.24, 2.45) is 7.05 Å². The van der Waals surface area contributed by atoms with Crippen LogP contribution in [0.2, 0.25) is 5.02 Å². The molecule has 2 heterocycles. The van der Waals surface area contributed by atoms with Crippen molar-refractivity contribution in [3.8, 4) is 17.3 Å². The van der Waals surface area contributed by atoms with Crippen LogP contribution < -0.4 is 10.4 Å². The van der Waals surface area contributed by atoms with E-state index in [1.54, 1.807) is 41.2 Å². The maximum atomic E-state index is 12.2. The second kappa shape index (κ2) is 7.79. The van der Waals surface area contributed by atoms with Crippen LogP contribution in [0.5, 0.6) is 5.88 Å². The van der Waals surface area contributed by atoms with Crippen LogP contribution in [0.25, 0.3) is 11.4 Å². The SMILES string of the molecule is Cn1nnn(-c2cccc([N+](=O)[O-])c2COc2ccn(-c3ccc(Cl)cc3)n2)c1=O. The number of hydrogen-bond donors (Lipinski definition) is 0. The molecule has 0 radical (unpaired) electrons. The Balaban J connectivity index is 1.65. The van der Waals surface area contributed by atoms with Crippen LogP contribution in [-0.2, 0) is 13.7 Å². The third-order valence-electron chi connectivity index (χ3n) is 4.29. The highest BCUT2D eigenvalue weighted by molar-refractivity contribution is 6.30. The Morgan fingerprint density at radius 3 is 2.57 bits per heavy atom. The lowest BCUT2D eigenvalue weighted by Gasteiger charge is -2.09. The Bertz CT molecular complexity index is 1280. The third-order valence-corrected chi connectivity index (χ3v) is 4.55.